The van der Waals surface area contributed by atoms with Crippen LogP contribution in [0.25, 0.3) is 0 Å². The summed E-state index contributed by atoms with van der Waals surface area (Å²) >= 11 is 0. The molecule has 0 bridgehead atoms. The number of carboxylic acids is 7. The molecule has 102 heavy (non-hydrogen) atoms. The minimum atomic E-state index is -0.681. The van der Waals surface area contributed by atoms with E-state index in [1.807, 2.05) is 0 Å². The van der Waals surface area contributed by atoms with Crippen LogP contribution in [0.2, 0.25) is 0 Å². The van der Waals surface area contributed by atoms with Gasteiger partial charge in [-0.3, -0.25) is 33.6 Å². The van der Waals surface area contributed by atoms with Gasteiger partial charge in [0.15, 0.2) is 0 Å². The standard InChI is InChI=1S/4C12H21NO2.3C11H19NO2/c4*13-8-12(7-11(14)15)6-9-4-2-1-3-5-10(9)12;3*12-7-11(6-10(13)14)5-8-3-1-2-4-9(8)11/h4*9-10H,1-8,13H2,(H,14,15);3*8-9H,1-7,12H2,(H,13,14)/t2*9-,10-,12+;2*9-,10-,12-;2*8-,9-,11+;8-,9-,11-/m1010100/s1. The molecule has 0 aliphatic heterocycles. The minimum Gasteiger partial charge on any atom is -0.481 e. The van der Waals surface area contributed by atoms with Gasteiger partial charge in [-0.05, 0) is 256 Å². The van der Waals surface area contributed by atoms with E-state index in [4.69, 9.17) is 75.9 Å². The van der Waals surface area contributed by atoms with E-state index in [0.29, 0.717) is 87.2 Å². The van der Waals surface area contributed by atoms with E-state index < -0.39 is 41.8 Å². The van der Waals surface area contributed by atoms with Crippen LogP contribution in [0.15, 0.2) is 0 Å². The molecule has 21 atom stereocenters. The van der Waals surface area contributed by atoms with Crippen LogP contribution >= 0.6 is 0 Å². The predicted octanol–water partition coefficient (Wildman–Crippen LogP) is 12.9. The second-order valence-corrected chi connectivity index (χ2v) is 36.4. The normalized spacial score (nSPS) is 40.5. The Morgan fingerprint density at radius 3 is 0.422 bits per heavy atom. The fraction of sp³-hybridized carbons (Fsp3) is 0.914. The molecule has 14 rings (SSSR count). The van der Waals surface area contributed by atoms with E-state index in [9.17, 15) is 33.6 Å². The van der Waals surface area contributed by atoms with E-state index in [1.54, 1.807) is 0 Å². The lowest BCUT2D eigenvalue weighted by Crippen LogP contribution is -2.54. The Bertz CT molecular complexity index is 2420. The Hall–Kier alpha value is -3.99. The first-order chi connectivity index (χ1) is 48.7. The third-order valence-electron chi connectivity index (χ3n) is 30.9. The molecular weight excluding hydrogens is 1290 g/mol. The van der Waals surface area contributed by atoms with Crippen molar-refractivity contribution in [3.63, 3.8) is 0 Å². The Labute approximate surface area is 610 Å². The first-order valence-corrected chi connectivity index (χ1v) is 41.2. The second-order valence-electron chi connectivity index (χ2n) is 36.4. The smallest absolute Gasteiger partial charge is 0.303 e. The highest BCUT2D eigenvalue weighted by molar-refractivity contribution is 5.70. The summed E-state index contributed by atoms with van der Waals surface area (Å²) in [6, 6.07) is 0. The third kappa shape index (κ3) is 19.7. The molecule has 0 heterocycles. The summed E-state index contributed by atoms with van der Waals surface area (Å²) < 4.78 is 0. The molecule has 14 fully saturated rings. The first kappa shape index (κ1) is 83.6. The molecule has 0 amide bonds. The van der Waals surface area contributed by atoms with Crippen LogP contribution in [-0.2, 0) is 33.6 Å². The van der Waals surface area contributed by atoms with E-state index in [1.165, 1.54) is 205 Å². The van der Waals surface area contributed by atoms with E-state index in [-0.39, 0.29) is 82.9 Å². The van der Waals surface area contributed by atoms with Crippen molar-refractivity contribution in [1.29, 1.82) is 0 Å². The van der Waals surface area contributed by atoms with Crippen molar-refractivity contribution < 1.29 is 69.3 Å². The lowest BCUT2D eigenvalue weighted by Gasteiger charge is -2.57. The molecular formula is C81H141N7O14. The Kier molecular flexibility index (Phi) is 30.9. The van der Waals surface area contributed by atoms with Gasteiger partial charge in [0.05, 0.1) is 44.9 Å². The van der Waals surface area contributed by atoms with Crippen molar-refractivity contribution >= 4 is 41.8 Å². The van der Waals surface area contributed by atoms with Crippen molar-refractivity contribution in [3.8, 4) is 0 Å². The summed E-state index contributed by atoms with van der Waals surface area (Å²) in [6.07, 6.45) is 50.3. The predicted molar refractivity (Wildman–Crippen MR) is 395 cm³/mol. The number of fused-ring (bicyclic) bond motifs is 7. The zero-order valence-corrected chi connectivity index (χ0v) is 62.6. The summed E-state index contributed by atoms with van der Waals surface area (Å²) in [6.45, 7) is 3.89. The lowest BCUT2D eigenvalue weighted by atomic mass is 9.48. The van der Waals surface area contributed by atoms with Gasteiger partial charge in [0, 0.05) is 0 Å². The zero-order valence-electron chi connectivity index (χ0n) is 62.6. The summed E-state index contributed by atoms with van der Waals surface area (Å²) in [5, 5.41) is 62.4. The number of rotatable bonds is 21. The average Bonchev–Trinajstić information content (AvgIpc) is 1.52. The minimum absolute atomic E-state index is 0.0447. The molecule has 21 N–H and O–H groups in total. The number of hydrogen-bond donors (Lipinski definition) is 14. The highest BCUT2D eigenvalue weighted by Crippen LogP contribution is 2.64. The molecule has 14 saturated carbocycles. The number of carboxylic acid groups (broad SMARTS) is 7. The number of carbonyl (C=O) groups is 7. The van der Waals surface area contributed by atoms with Crippen LogP contribution in [0.5, 0.6) is 0 Å². The van der Waals surface area contributed by atoms with E-state index in [0.717, 1.165) is 86.4 Å². The van der Waals surface area contributed by atoms with Gasteiger partial charge < -0.3 is 75.9 Å². The van der Waals surface area contributed by atoms with Crippen molar-refractivity contribution in [2.75, 3.05) is 45.8 Å². The average molecular weight is 1440 g/mol. The van der Waals surface area contributed by atoms with Gasteiger partial charge in [-0.25, -0.2) is 0 Å². The summed E-state index contributed by atoms with van der Waals surface area (Å²) in [4.78, 5) is 75.8. The van der Waals surface area contributed by atoms with Crippen LogP contribution in [-0.4, -0.2) is 123 Å². The summed E-state index contributed by atoms with van der Waals surface area (Å²) in [5.41, 5.74) is 40.2. The van der Waals surface area contributed by atoms with Gasteiger partial charge in [0.1, 0.15) is 0 Å². The van der Waals surface area contributed by atoms with Gasteiger partial charge in [-0.2, -0.15) is 0 Å². The van der Waals surface area contributed by atoms with Gasteiger partial charge in [0.2, 0.25) is 0 Å². The molecule has 21 heteroatoms. The molecule has 0 saturated heterocycles. The fourth-order valence-corrected chi connectivity index (χ4v) is 25.8. The van der Waals surface area contributed by atoms with E-state index >= 15 is 0 Å². The van der Waals surface area contributed by atoms with Gasteiger partial charge in [-0.15, -0.1) is 0 Å². The van der Waals surface area contributed by atoms with Gasteiger partial charge in [-0.1, -0.05) is 161 Å². The topological polar surface area (TPSA) is 443 Å². The molecule has 0 aromatic rings. The lowest BCUT2D eigenvalue weighted by molar-refractivity contribution is -0.149. The largest absolute Gasteiger partial charge is 0.481 e. The van der Waals surface area contributed by atoms with Crippen LogP contribution < -0.4 is 40.1 Å². The summed E-state index contributed by atoms with van der Waals surface area (Å²) in [5.74, 6) is 4.91. The maximum atomic E-state index is 10.9. The number of hydrogen-bond acceptors (Lipinski definition) is 14. The molecule has 0 aromatic carbocycles. The highest BCUT2D eigenvalue weighted by atomic mass is 16.4. The molecule has 14 aliphatic carbocycles. The quantitative estimate of drug-likeness (QED) is 0.0507. The Morgan fingerprint density at radius 2 is 0.304 bits per heavy atom. The molecule has 0 radical (unpaired) electrons. The van der Waals surface area contributed by atoms with Crippen LogP contribution in [0, 0.1) is 121 Å². The molecule has 0 spiro atoms. The fourth-order valence-electron chi connectivity index (χ4n) is 25.8. The van der Waals surface area contributed by atoms with Gasteiger partial charge >= 0.3 is 41.8 Å². The van der Waals surface area contributed by atoms with E-state index in [2.05, 4.69) is 0 Å². The first-order valence-electron chi connectivity index (χ1n) is 41.2. The molecule has 0 aromatic heterocycles. The maximum absolute atomic E-state index is 10.9. The summed E-state index contributed by atoms with van der Waals surface area (Å²) in [7, 11) is 0. The molecule has 14 aliphatic rings. The zero-order chi connectivity index (χ0) is 74.1. The Balaban J connectivity index is 0.000000151. The van der Waals surface area contributed by atoms with Crippen LogP contribution in [0.1, 0.15) is 295 Å². The van der Waals surface area contributed by atoms with Crippen molar-refractivity contribution in [2.24, 2.45) is 161 Å². The van der Waals surface area contributed by atoms with Crippen molar-refractivity contribution in [2.45, 2.75) is 295 Å². The number of aliphatic carboxylic acids is 7. The van der Waals surface area contributed by atoms with Crippen molar-refractivity contribution in [3.05, 3.63) is 0 Å². The van der Waals surface area contributed by atoms with Crippen molar-refractivity contribution in [1.82, 2.24) is 0 Å². The monoisotopic (exact) mass is 1440 g/mol. The Morgan fingerprint density at radius 1 is 0.196 bits per heavy atom. The second kappa shape index (κ2) is 37.7. The van der Waals surface area contributed by atoms with Crippen LogP contribution in [0.4, 0.5) is 0 Å². The van der Waals surface area contributed by atoms with Gasteiger partial charge in [0.25, 0.3) is 0 Å². The number of nitrogens with two attached hydrogens (primary N) is 7. The SMILES string of the molecule is NC[C@@]1(CC(=O)O)C[C@@H]2CCCCC[C@@H]21.NC[C@@]1(CC(=O)O)C[C@@H]2CCCC[C@@H]21.NC[C@@]1(CC(=O)O)C[C@H]2CCCCC[C@H]21.NC[C@@]1(CC(=O)O)C[C@H]2CCCC[C@H]21.NC[C@]1(CC(=O)O)C[C@@H]2CCCCC[C@@H]21.NC[C@]1(CC(=O)O)C[C@@H]2CCCC[C@@H]21.NC[C@]1(CC(=O)O)C[C@H]2CCCCC[C@H]21. The molecule has 21 nitrogen and oxygen atoms in total. The molecule has 0 unspecified atom stereocenters. The third-order valence-corrected chi connectivity index (χ3v) is 30.9. The van der Waals surface area contributed by atoms with Crippen LogP contribution in [0.3, 0.4) is 0 Å². The molecule has 584 valence electrons. The highest BCUT2D eigenvalue weighted by Gasteiger charge is 2.59. The maximum Gasteiger partial charge on any atom is 0.303 e.